The molecule has 0 radical (unpaired) electrons. The van der Waals surface area contributed by atoms with E-state index < -0.39 is 5.54 Å². The Balaban J connectivity index is 2.13. The third kappa shape index (κ3) is 3.16. The van der Waals surface area contributed by atoms with Crippen LogP contribution in [0.25, 0.3) is 0 Å². The molecule has 0 aliphatic heterocycles. The van der Waals surface area contributed by atoms with E-state index in [2.05, 4.69) is 5.32 Å². The molecule has 0 bridgehead atoms. The van der Waals surface area contributed by atoms with Gasteiger partial charge in [0.2, 0.25) is 0 Å². The smallest absolute Gasteiger partial charge is 0.331 e. The summed E-state index contributed by atoms with van der Waals surface area (Å²) in [6.07, 6.45) is 3.21. The number of hydrogen-bond acceptors (Lipinski definition) is 3. The van der Waals surface area contributed by atoms with Crippen LogP contribution in [0, 0.1) is 5.92 Å². The predicted octanol–water partition coefficient (Wildman–Crippen LogP) is 3.48. The van der Waals surface area contributed by atoms with Crippen molar-refractivity contribution in [2.24, 2.45) is 5.92 Å². The second-order valence-corrected chi connectivity index (χ2v) is 5.54. The van der Waals surface area contributed by atoms with Crippen molar-refractivity contribution < 1.29 is 9.53 Å². The number of hydrogen-bond donors (Lipinski definition) is 1. The number of halogens is 1. The Morgan fingerprint density at radius 2 is 2.06 bits per heavy atom. The van der Waals surface area contributed by atoms with Crippen LogP contribution in [-0.4, -0.2) is 18.6 Å². The molecule has 1 N–H and O–H groups in total. The van der Waals surface area contributed by atoms with Gasteiger partial charge >= 0.3 is 5.97 Å². The summed E-state index contributed by atoms with van der Waals surface area (Å²) in [6, 6.07) is 7.35. The van der Waals surface area contributed by atoms with E-state index in [9.17, 15) is 4.79 Å². The molecule has 0 aromatic heterocycles. The minimum atomic E-state index is -0.663. The Bertz CT molecular complexity index is 428. The fourth-order valence-electron chi connectivity index (χ4n) is 2.16. The lowest BCUT2D eigenvalue weighted by molar-refractivity contribution is -0.145. The zero-order valence-corrected chi connectivity index (χ0v) is 11.5. The largest absolute Gasteiger partial charge is 0.467 e. The monoisotopic (exact) mass is 267 g/mol. The van der Waals surface area contributed by atoms with E-state index in [0.29, 0.717) is 10.9 Å². The van der Waals surface area contributed by atoms with Gasteiger partial charge in [0.1, 0.15) is 5.54 Å². The number of carbonyl (C=O) groups is 1. The van der Waals surface area contributed by atoms with Crippen molar-refractivity contribution >= 4 is 23.3 Å². The molecule has 98 valence electrons. The summed E-state index contributed by atoms with van der Waals surface area (Å²) >= 11 is 5.85. The molecule has 1 aromatic carbocycles. The van der Waals surface area contributed by atoms with Crippen LogP contribution in [0.4, 0.5) is 5.69 Å². The summed E-state index contributed by atoms with van der Waals surface area (Å²) in [4.78, 5) is 12.0. The second kappa shape index (κ2) is 5.19. The molecule has 3 nitrogen and oxygen atoms in total. The number of ether oxygens (including phenoxy) is 1. The molecular weight excluding hydrogens is 250 g/mol. The quantitative estimate of drug-likeness (QED) is 0.830. The van der Waals surface area contributed by atoms with E-state index in [0.717, 1.165) is 12.1 Å². The number of anilines is 1. The van der Waals surface area contributed by atoms with Crippen molar-refractivity contribution in [3.63, 3.8) is 0 Å². The molecule has 2 rings (SSSR count). The summed E-state index contributed by atoms with van der Waals surface area (Å²) in [5.74, 6) is 0.415. The van der Waals surface area contributed by atoms with Crippen LogP contribution >= 0.6 is 11.6 Å². The number of carbonyl (C=O) groups excluding carboxylic acids is 1. The Morgan fingerprint density at radius 1 is 1.44 bits per heavy atom. The van der Waals surface area contributed by atoms with Gasteiger partial charge in [-0.2, -0.15) is 0 Å². The summed E-state index contributed by atoms with van der Waals surface area (Å²) in [5.41, 5.74) is 0.219. The van der Waals surface area contributed by atoms with E-state index in [1.165, 1.54) is 20.0 Å². The van der Waals surface area contributed by atoms with Gasteiger partial charge in [-0.1, -0.05) is 24.4 Å². The lowest BCUT2D eigenvalue weighted by Crippen LogP contribution is -2.44. The zero-order chi connectivity index (χ0) is 13.2. The fourth-order valence-corrected chi connectivity index (χ4v) is 2.29. The first-order chi connectivity index (χ1) is 8.53. The van der Waals surface area contributed by atoms with Gasteiger partial charge < -0.3 is 10.1 Å². The van der Waals surface area contributed by atoms with E-state index in [-0.39, 0.29) is 5.97 Å². The first-order valence-corrected chi connectivity index (χ1v) is 6.53. The maximum atomic E-state index is 12.0. The molecule has 0 saturated heterocycles. The van der Waals surface area contributed by atoms with Crippen LogP contribution in [0.1, 0.15) is 26.2 Å². The molecule has 0 spiro atoms. The van der Waals surface area contributed by atoms with E-state index >= 15 is 0 Å². The molecule has 1 aliphatic rings. The van der Waals surface area contributed by atoms with E-state index in [1.807, 2.05) is 19.1 Å². The van der Waals surface area contributed by atoms with Crippen molar-refractivity contribution in [1.29, 1.82) is 0 Å². The van der Waals surface area contributed by atoms with Gasteiger partial charge in [-0.3, -0.25) is 0 Å². The molecular formula is C14H18ClNO2. The third-order valence-electron chi connectivity index (χ3n) is 3.29. The Labute approximate surface area is 112 Å². The minimum absolute atomic E-state index is 0.218. The molecule has 1 unspecified atom stereocenters. The first kappa shape index (κ1) is 13.2. The number of methoxy groups -OCH3 is 1. The summed E-state index contributed by atoms with van der Waals surface area (Å²) in [6.45, 7) is 1.89. The lowest BCUT2D eigenvalue weighted by Gasteiger charge is -2.29. The molecule has 0 heterocycles. The average Bonchev–Trinajstić information content (AvgIpc) is 3.14. The van der Waals surface area contributed by atoms with Crippen molar-refractivity contribution in [3.05, 3.63) is 29.3 Å². The first-order valence-electron chi connectivity index (χ1n) is 6.16. The van der Waals surface area contributed by atoms with Crippen LogP contribution in [0.5, 0.6) is 0 Å². The van der Waals surface area contributed by atoms with Gasteiger partial charge in [0.05, 0.1) is 7.11 Å². The summed E-state index contributed by atoms with van der Waals surface area (Å²) in [7, 11) is 1.43. The Kier molecular flexibility index (Phi) is 3.81. The zero-order valence-electron chi connectivity index (χ0n) is 10.7. The molecule has 1 aliphatic carbocycles. The van der Waals surface area contributed by atoms with Crippen LogP contribution < -0.4 is 5.32 Å². The number of rotatable bonds is 5. The van der Waals surface area contributed by atoms with Gasteiger partial charge in [-0.25, -0.2) is 4.79 Å². The highest BCUT2D eigenvalue weighted by Gasteiger charge is 2.40. The Morgan fingerprint density at radius 3 is 2.56 bits per heavy atom. The predicted molar refractivity (Wildman–Crippen MR) is 72.8 cm³/mol. The number of benzene rings is 1. The van der Waals surface area contributed by atoms with Crippen molar-refractivity contribution in [3.8, 4) is 0 Å². The molecule has 0 amide bonds. The molecule has 1 fully saturated rings. The highest BCUT2D eigenvalue weighted by molar-refractivity contribution is 6.30. The number of esters is 1. The third-order valence-corrected chi connectivity index (χ3v) is 3.55. The molecule has 1 saturated carbocycles. The van der Waals surface area contributed by atoms with E-state index in [4.69, 9.17) is 16.3 Å². The number of nitrogens with one attached hydrogen (secondary N) is 1. The van der Waals surface area contributed by atoms with Crippen molar-refractivity contribution in [2.45, 2.75) is 31.7 Å². The topological polar surface area (TPSA) is 38.3 Å². The van der Waals surface area contributed by atoms with Gasteiger partial charge in [-0.05, 0) is 43.5 Å². The van der Waals surface area contributed by atoms with Gasteiger partial charge in [0.15, 0.2) is 0 Å². The average molecular weight is 268 g/mol. The van der Waals surface area contributed by atoms with Crippen LogP contribution in [0.3, 0.4) is 0 Å². The second-order valence-electron chi connectivity index (χ2n) is 5.10. The fraction of sp³-hybridized carbons (Fsp3) is 0.500. The standard InChI is InChI=1S/C14H18ClNO2/c1-14(13(17)18-2,9-10-3-4-10)16-12-7-5-11(15)6-8-12/h5-8,10,16H,3-4,9H2,1-2H3. The Hall–Kier alpha value is -1.22. The van der Waals surface area contributed by atoms with Crippen molar-refractivity contribution in [1.82, 2.24) is 0 Å². The van der Waals surface area contributed by atoms with Gasteiger partial charge in [-0.15, -0.1) is 0 Å². The SMILES string of the molecule is COC(=O)C(C)(CC1CC1)Nc1ccc(Cl)cc1. The van der Waals surface area contributed by atoms with Crippen LogP contribution in [0.2, 0.25) is 5.02 Å². The van der Waals surface area contributed by atoms with E-state index in [1.54, 1.807) is 12.1 Å². The highest BCUT2D eigenvalue weighted by atomic mass is 35.5. The van der Waals surface area contributed by atoms with Crippen LogP contribution in [0.15, 0.2) is 24.3 Å². The maximum Gasteiger partial charge on any atom is 0.331 e. The summed E-state index contributed by atoms with van der Waals surface area (Å²) < 4.78 is 4.91. The van der Waals surface area contributed by atoms with Gasteiger partial charge in [0, 0.05) is 10.7 Å². The van der Waals surface area contributed by atoms with Crippen molar-refractivity contribution in [2.75, 3.05) is 12.4 Å². The molecule has 1 atom stereocenters. The van der Waals surface area contributed by atoms with Gasteiger partial charge in [0.25, 0.3) is 0 Å². The molecule has 18 heavy (non-hydrogen) atoms. The maximum absolute atomic E-state index is 12.0. The molecule has 4 heteroatoms. The normalized spacial score (nSPS) is 17.9. The lowest BCUT2D eigenvalue weighted by atomic mass is 9.94. The highest BCUT2D eigenvalue weighted by Crippen LogP contribution is 2.38. The minimum Gasteiger partial charge on any atom is -0.467 e. The van der Waals surface area contributed by atoms with Crippen LogP contribution in [-0.2, 0) is 9.53 Å². The molecule has 1 aromatic rings. The summed E-state index contributed by atoms with van der Waals surface area (Å²) in [5, 5.41) is 3.95.